The van der Waals surface area contributed by atoms with E-state index >= 15 is 0 Å². The van der Waals surface area contributed by atoms with Gasteiger partial charge in [-0.05, 0) is 18.9 Å². The van der Waals surface area contributed by atoms with Crippen molar-refractivity contribution >= 4 is 27.5 Å². The molecule has 1 amide bonds. The summed E-state index contributed by atoms with van der Waals surface area (Å²) in [6.45, 7) is 3.67. The van der Waals surface area contributed by atoms with Gasteiger partial charge in [-0.2, -0.15) is 5.10 Å². The standard InChI is InChI=1S/C16H16N4O2S/c1-3-10-4-6-11(7-5-10)13-15-14(18-9(2)23-15)16(22)20(19-13)8-12(17)21/h4-7H,3,8H2,1-2H3,(H2,17,21). The molecule has 0 atom stereocenters. The first-order valence-corrected chi connectivity index (χ1v) is 8.07. The van der Waals surface area contributed by atoms with E-state index in [1.165, 1.54) is 16.9 Å². The highest BCUT2D eigenvalue weighted by Crippen LogP contribution is 2.29. The number of thiazole rings is 1. The van der Waals surface area contributed by atoms with Crippen molar-refractivity contribution < 1.29 is 4.79 Å². The summed E-state index contributed by atoms with van der Waals surface area (Å²) in [7, 11) is 0. The fourth-order valence-electron chi connectivity index (χ4n) is 2.41. The quantitative estimate of drug-likeness (QED) is 0.791. The SMILES string of the molecule is CCc1ccc(-c2nn(CC(N)=O)c(=O)c3nc(C)sc23)cc1. The maximum Gasteiger partial charge on any atom is 0.294 e. The third-order valence-electron chi connectivity index (χ3n) is 3.55. The van der Waals surface area contributed by atoms with Crippen molar-refractivity contribution in [1.82, 2.24) is 14.8 Å². The lowest BCUT2D eigenvalue weighted by atomic mass is 10.1. The number of benzene rings is 1. The van der Waals surface area contributed by atoms with Gasteiger partial charge in [-0.1, -0.05) is 31.2 Å². The normalized spacial score (nSPS) is 11.0. The molecule has 0 aliphatic rings. The maximum absolute atomic E-state index is 12.4. The Morgan fingerprint density at radius 3 is 2.61 bits per heavy atom. The predicted octanol–water partition coefficient (Wildman–Crippen LogP) is 1.88. The van der Waals surface area contributed by atoms with Crippen molar-refractivity contribution in [2.75, 3.05) is 0 Å². The molecular weight excluding hydrogens is 312 g/mol. The zero-order valence-corrected chi connectivity index (χ0v) is 13.7. The van der Waals surface area contributed by atoms with Crippen LogP contribution in [0.4, 0.5) is 0 Å². The van der Waals surface area contributed by atoms with E-state index in [1.54, 1.807) is 0 Å². The Kier molecular flexibility index (Phi) is 3.96. The molecule has 1 aromatic carbocycles. The van der Waals surface area contributed by atoms with Crippen molar-refractivity contribution in [3.05, 3.63) is 45.2 Å². The highest BCUT2D eigenvalue weighted by atomic mass is 32.1. The molecule has 0 aliphatic heterocycles. The van der Waals surface area contributed by atoms with E-state index in [4.69, 9.17) is 5.73 Å². The van der Waals surface area contributed by atoms with Crippen molar-refractivity contribution in [2.24, 2.45) is 5.73 Å². The lowest BCUT2D eigenvalue weighted by Crippen LogP contribution is -2.30. The number of hydrogen-bond acceptors (Lipinski definition) is 5. The molecule has 0 unspecified atom stereocenters. The summed E-state index contributed by atoms with van der Waals surface area (Å²) in [6.07, 6.45) is 0.948. The minimum Gasteiger partial charge on any atom is -0.368 e. The third-order valence-corrected chi connectivity index (χ3v) is 4.53. The van der Waals surface area contributed by atoms with Crippen LogP contribution in [0.3, 0.4) is 0 Å². The van der Waals surface area contributed by atoms with E-state index in [1.807, 2.05) is 31.2 Å². The van der Waals surface area contributed by atoms with Gasteiger partial charge in [0.25, 0.3) is 5.56 Å². The Bertz CT molecular complexity index is 941. The Labute approximate surface area is 136 Å². The van der Waals surface area contributed by atoms with Gasteiger partial charge in [0, 0.05) is 5.56 Å². The number of fused-ring (bicyclic) bond motifs is 1. The van der Waals surface area contributed by atoms with Crippen LogP contribution in [0.1, 0.15) is 17.5 Å². The molecule has 7 heteroatoms. The molecule has 0 bridgehead atoms. The number of aryl methyl sites for hydroxylation is 2. The minimum atomic E-state index is -0.613. The molecule has 0 spiro atoms. The van der Waals surface area contributed by atoms with Crippen LogP contribution in [-0.2, 0) is 17.8 Å². The summed E-state index contributed by atoms with van der Waals surface area (Å²) in [5.41, 5.74) is 7.90. The third kappa shape index (κ3) is 2.87. The highest BCUT2D eigenvalue weighted by molar-refractivity contribution is 7.19. The van der Waals surface area contributed by atoms with Gasteiger partial charge in [0.2, 0.25) is 5.91 Å². The van der Waals surface area contributed by atoms with Crippen LogP contribution in [0.25, 0.3) is 21.5 Å². The Hall–Kier alpha value is -2.54. The molecule has 3 aromatic rings. The number of nitrogens with two attached hydrogens (primary N) is 1. The van der Waals surface area contributed by atoms with E-state index in [0.29, 0.717) is 11.2 Å². The smallest absolute Gasteiger partial charge is 0.294 e. The monoisotopic (exact) mass is 328 g/mol. The van der Waals surface area contributed by atoms with E-state index < -0.39 is 11.5 Å². The molecule has 2 aromatic heterocycles. The molecule has 0 fully saturated rings. The average Bonchev–Trinajstić information content (AvgIpc) is 2.92. The van der Waals surface area contributed by atoms with Gasteiger partial charge in [0.15, 0.2) is 5.52 Å². The molecule has 0 radical (unpaired) electrons. The summed E-state index contributed by atoms with van der Waals surface area (Å²) in [4.78, 5) is 27.9. The molecule has 6 nitrogen and oxygen atoms in total. The number of primary amides is 1. The van der Waals surface area contributed by atoms with Crippen LogP contribution in [0, 0.1) is 6.92 Å². The number of rotatable bonds is 4. The lowest BCUT2D eigenvalue weighted by Gasteiger charge is -2.07. The van der Waals surface area contributed by atoms with Gasteiger partial charge < -0.3 is 5.73 Å². The molecule has 118 valence electrons. The molecule has 0 saturated carbocycles. The van der Waals surface area contributed by atoms with Crippen LogP contribution < -0.4 is 11.3 Å². The van der Waals surface area contributed by atoms with Gasteiger partial charge in [0.1, 0.15) is 12.2 Å². The number of carbonyl (C=O) groups excluding carboxylic acids is 1. The fourth-order valence-corrected chi connectivity index (χ4v) is 3.33. The first-order chi connectivity index (χ1) is 11.0. The van der Waals surface area contributed by atoms with E-state index in [0.717, 1.165) is 26.4 Å². The van der Waals surface area contributed by atoms with Crippen LogP contribution in [0.2, 0.25) is 0 Å². The first kappa shape index (κ1) is 15.4. The van der Waals surface area contributed by atoms with E-state index in [-0.39, 0.29) is 6.54 Å². The second-order valence-electron chi connectivity index (χ2n) is 5.24. The zero-order valence-electron chi connectivity index (χ0n) is 12.9. The summed E-state index contributed by atoms with van der Waals surface area (Å²) >= 11 is 1.42. The minimum absolute atomic E-state index is 0.259. The number of amides is 1. The maximum atomic E-state index is 12.4. The van der Waals surface area contributed by atoms with E-state index in [9.17, 15) is 9.59 Å². The van der Waals surface area contributed by atoms with Gasteiger partial charge >= 0.3 is 0 Å². The molecule has 0 saturated heterocycles. The highest BCUT2D eigenvalue weighted by Gasteiger charge is 2.17. The van der Waals surface area contributed by atoms with Crippen LogP contribution in [-0.4, -0.2) is 20.7 Å². The zero-order chi connectivity index (χ0) is 16.6. The second kappa shape index (κ2) is 5.92. The summed E-state index contributed by atoms with van der Waals surface area (Å²) in [5.74, 6) is -0.613. The summed E-state index contributed by atoms with van der Waals surface area (Å²) < 4.78 is 1.82. The summed E-state index contributed by atoms with van der Waals surface area (Å²) in [5, 5.41) is 5.13. The molecule has 23 heavy (non-hydrogen) atoms. The second-order valence-corrected chi connectivity index (χ2v) is 6.44. The molecular formula is C16H16N4O2S. The van der Waals surface area contributed by atoms with E-state index in [2.05, 4.69) is 17.0 Å². The molecule has 2 heterocycles. The first-order valence-electron chi connectivity index (χ1n) is 7.25. The predicted molar refractivity (Wildman–Crippen MR) is 90.4 cm³/mol. The van der Waals surface area contributed by atoms with Gasteiger partial charge in [-0.3, -0.25) is 9.59 Å². The Morgan fingerprint density at radius 2 is 2.00 bits per heavy atom. The number of hydrogen-bond donors (Lipinski definition) is 1. The Balaban J connectivity index is 2.27. The van der Waals surface area contributed by atoms with Gasteiger partial charge in [-0.15, -0.1) is 11.3 Å². The van der Waals surface area contributed by atoms with Crippen LogP contribution in [0.5, 0.6) is 0 Å². The average molecular weight is 328 g/mol. The number of nitrogens with zero attached hydrogens (tertiary/aromatic N) is 3. The molecule has 3 rings (SSSR count). The molecule has 2 N–H and O–H groups in total. The lowest BCUT2D eigenvalue weighted by molar-refractivity contribution is -0.118. The van der Waals surface area contributed by atoms with Gasteiger partial charge in [-0.25, -0.2) is 9.67 Å². The largest absolute Gasteiger partial charge is 0.368 e. The van der Waals surface area contributed by atoms with Gasteiger partial charge in [0.05, 0.1) is 9.71 Å². The van der Waals surface area contributed by atoms with Crippen molar-refractivity contribution in [3.63, 3.8) is 0 Å². The van der Waals surface area contributed by atoms with Crippen LogP contribution in [0.15, 0.2) is 29.1 Å². The Morgan fingerprint density at radius 1 is 1.30 bits per heavy atom. The van der Waals surface area contributed by atoms with Crippen molar-refractivity contribution in [2.45, 2.75) is 26.8 Å². The molecule has 0 aliphatic carbocycles. The van der Waals surface area contributed by atoms with Crippen molar-refractivity contribution in [3.8, 4) is 11.3 Å². The number of carbonyl (C=O) groups is 1. The van der Waals surface area contributed by atoms with Crippen molar-refractivity contribution in [1.29, 1.82) is 0 Å². The topological polar surface area (TPSA) is 90.9 Å². The fraction of sp³-hybridized carbons (Fsp3) is 0.250. The summed E-state index contributed by atoms with van der Waals surface area (Å²) in [6, 6.07) is 7.99. The number of aromatic nitrogens is 3. The van der Waals surface area contributed by atoms with Crippen LogP contribution >= 0.6 is 11.3 Å².